The van der Waals surface area contributed by atoms with Crippen LogP contribution in [0.2, 0.25) is 0 Å². The van der Waals surface area contributed by atoms with Gasteiger partial charge in [0.1, 0.15) is 6.29 Å². The molecule has 4 heteroatoms. The van der Waals surface area contributed by atoms with Crippen molar-refractivity contribution in [1.29, 1.82) is 0 Å². The third kappa shape index (κ3) is 1.41. The molecule has 0 radical (unpaired) electrons. The fraction of sp³-hybridized carbons (Fsp3) is 1.00. The highest BCUT2D eigenvalue weighted by atomic mass is 15.4. The Balaban J connectivity index is 2.13. The van der Waals surface area contributed by atoms with Gasteiger partial charge in [0.2, 0.25) is 0 Å². The highest BCUT2D eigenvalue weighted by Gasteiger charge is 2.06. The van der Waals surface area contributed by atoms with Gasteiger partial charge in [0.05, 0.1) is 0 Å². The molecule has 1 aliphatic heterocycles. The lowest BCUT2D eigenvalue weighted by Gasteiger charge is -2.23. The van der Waals surface area contributed by atoms with Crippen molar-refractivity contribution in [3.8, 4) is 0 Å². The van der Waals surface area contributed by atoms with Crippen molar-refractivity contribution in [1.82, 2.24) is 16.1 Å². The summed E-state index contributed by atoms with van der Waals surface area (Å²) in [5.41, 5.74) is 2.58. The zero-order chi connectivity index (χ0) is 5.82. The SMILES string of the molecule is NNC1NCCCN1. The van der Waals surface area contributed by atoms with Gasteiger partial charge in [-0.15, -0.1) is 0 Å². The highest BCUT2D eigenvalue weighted by Crippen LogP contribution is 1.81. The summed E-state index contributed by atoms with van der Waals surface area (Å²) in [5, 5.41) is 6.24. The molecule has 0 bridgehead atoms. The van der Waals surface area contributed by atoms with Crippen molar-refractivity contribution in [3.05, 3.63) is 0 Å². The zero-order valence-corrected chi connectivity index (χ0v) is 4.78. The summed E-state index contributed by atoms with van der Waals surface area (Å²) in [4.78, 5) is 0. The number of hydrazine groups is 1. The summed E-state index contributed by atoms with van der Waals surface area (Å²) in [6.45, 7) is 2.09. The first-order valence-electron chi connectivity index (χ1n) is 2.86. The van der Waals surface area contributed by atoms with E-state index in [1.54, 1.807) is 0 Å². The van der Waals surface area contributed by atoms with Crippen LogP contribution in [0.1, 0.15) is 6.42 Å². The summed E-state index contributed by atoms with van der Waals surface area (Å²) in [5.74, 6) is 5.13. The molecule has 0 spiro atoms. The molecule has 0 amide bonds. The van der Waals surface area contributed by atoms with E-state index < -0.39 is 0 Å². The van der Waals surface area contributed by atoms with Crippen LogP contribution >= 0.6 is 0 Å². The molecule has 48 valence electrons. The molecule has 0 aromatic heterocycles. The van der Waals surface area contributed by atoms with E-state index in [0.29, 0.717) is 0 Å². The van der Waals surface area contributed by atoms with E-state index in [1.807, 2.05) is 0 Å². The molecular formula is C4H12N4. The van der Waals surface area contributed by atoms with Crippen LogP contribution < -0.4 is 21.9 Å². The normalized spacial score (nSPS) is 23.6. The minimum atomic E-state index is 0.115. The minimum absolute atomic E-state index is 0.115. The Morgan fingerprint density at radius 1 is 1.38 bits per heavy atom. The minimum Gasteiger partial charge on any atom is -0.289 e. The van der Waals surface area contributed by atoms with E-state index >= 15 is 0 Å². The van der Waals surface area contributed by atoms with Crippen molar-refractivity contribution in [2.24, 2.45) is 5.84 Å². The molecule has 8 heavy (non-hydrogen) atoms. The number of nitrogens with one attached hydrogen (secondary N) is 3. The molecule has 1 rings (SSSR count). The molecular weight excluding hydrogens is 104 g/mol. The van der Waals surface area contributed by atoms with Gasteiger partial charge in [-0.3, -0.25) is 16.5 Å². The molecule has 0 aromatic rings. The van der Waals surface area contributed by atoms with E-state index in [1.165, 1.54) is 6.42 Å². The van der Waals surface area contributed by atoms with E-state index in [4.69, 9.17) is 5.84 Å². The summed E-state index contributed by atoms with van der Waals surface area (Å²) >= 11 is 0. The molecule has 5 N–H and O–H groups in total. The topological polar surface area (TPSA) is 62.1 Å². The van der Waals surface area contributed by atoms with Crippen molar-refractivity contribution in [2.75, 3.05) is 13.1 Å². The van der Waals surface area contributed by atoms with Crippen LogP contribution in [-0.4, -0.2) is 19.4 Å². The van der Waals surface area contributed by atoms with Crippen LogP contribution in [0.5, 0.6) is 0 Å². The van der Waals surface area contributed by atoms with Crippen LogP contribution in [0.25, 0.3) is 0 Å². The Morgan fingerprint density at radius 2 is 2.00 bits per heavy atom. The molecule has 0 saturated carbocycles. The predicted octanol–water partition coefficient (Wildman–Crippen LogP) is -1.68. The monoisotopic (exact) mass is 116 g/mol. The fourth-order valence-corrected chi connectivity index (χ4v) is 0.771. The molecule has 0 atom stereocenters. The molecule has 4 nitrogen and oxygen atoms in total. The summed E-state index contributed by atoms with van der Waals surface area (Å²) < 4.78 is 0. The Bertz CT molecular complexity index is 59.1. The first kappa shape index (κ1) is 5.97. The van der Waals surface area contributed by atoms with Gasteiger partial charge in [0, 0.05) is 0 Å². The Labute approximate surface area is 48.8 Å². The van der Waals surface area contributed by atoms with E-state index in [9.17, 15) is 0 Å². The van der Waals surface area contributed by atoms with Crippen LogP contribution in [0.15, 0.2) is 0 Å². The quantitative estimate of drug-likeness (QED) is 0.244. The number of nitrogens with two attached hydrogens (primary N) is 1. The molecule has 1 aliphatic rings. The van der Waals surface area contributed by atoms with Gasteiger partial charge >= 0.3 is 0 Å². The zero-order valence-electron chi connectivity index (χ0n) is 4.78. The largest absolute Gasteiger partial charge is 0.289 e. The first-order chi connectivity index (χ1) is 3.93. The maximum Gasteiger partial charge on any atom is 0.124 e. The number of rotatable bonds is 1. The third-order valence-electron chi connectivity index (χ3n) is 1.22. The highest BCUT2D eigenvalue weighted by molar-refractivity contribution is 4.64. The second-order valence-corrected chi connectivity index (χ2v) is 1.86. The predicted molar refractivity (Wildman–Crippen MR) is 31.7 cm³/mol. The van der Waals surface area contributed by atoms with Crippen molar-refractivity contribution >= 4 is 0 Å². The van der Waals surface area contributed by atoms with Gasteiger partial charge in [-0.2, -0.15) is 0 Å². The summed E-state index contributed by atoms with van der Waals surface area (Å²) in [7, 11) is 0. The van der Waals surface area contributed by atoms with Crippen LogP contribution in [0.4, 0.5) is 0 Å². The van der Waals surface area contributed by atoms with E-state index in [-0.39, 0.29) is 6.29 Å². The standard InChI is InChI=1S/C4H12N4/c5-8-4-6-2-1-3-7-4/h4,6-8H,1-3,5H2. The van der Waals surface area contributed by atoms with Crippen molar-refractivity contribution in [3.63, 3.8) is 0 Å². The smallest absolute Gasteiger partial charge is 0.124 e. The van der Waals surface area contributed by atoms with Crippen LogP contribution in [0, 0.1) is 0 Å². The first-order valence-corrected chi connectivity index (χ1v) is 2.86. The van der Waals surface area contributed by atoms with Gasteiger partial charge in [0.25, 0.3) is 0 Å². The van der Waals surface area contributed by atoms with Crippen LogP contribution in [0.3, 0.4) is 0 Å². The number of hydrogen-bond donors (Lipinski definition) is 4. The number of hydrogen-bond acceptors (Lipinski definition) is 4. The maximum absolute atomic E-state index is 5.13. The molecule has 0 unspecified atom stereocenters. The lowest BCUT2D eigenvalue weighted by molar-refractivity contribution is 0.318. The summed E-state index contributed by atoms with van der Waals surface area (Å²) in [6, 6.07) is 0. The lowest BCUT2D eigenvalue weighted by Crippen LogP contribution is -2.59. The average Bonchev–Trinajstić information content (AvgIpc) is 1.90. The lowest BCUT2D eigenvalue weighted by atomic mass is 10.4. The third-order valence-corrected chi connectivity index (χ3v) is 1.22. The van der Waals surface area contributed by atoms with Gasteiger partial charge in [-0.1, -0.05) is 0 Å². The molecule has 0 aromatic carbocycles. The molecule has 1 fully saturated rings. The van der Waals surface area contributed by atoms with Gasteiger partial charge in [-0.05, 0) is 19.5 Å². The fourth-order valence-electron chi connectivity index (χ4n) is 0.771. The second kappa shape index (κ2) is 2.99. The van der Waals surface area contributed by atoms with Crippen LogP contribution in [-0.2, 0) is 0 Å². The van der Waals surface area contributed by atoms with Gasteiger partial charge in [-0.25, -0.2) is 5.43 Å². The molecule has 0 aliphatic carbocycles. The van der Waals surface area contributed by atoms with Crippen molar-refractivity contribution < 1.29 is 0 Å². The second-order valence-electron chi connectivity index (χ2n) is 1.86. The van der Waals surface area contributed by atoms with E-state index in [2.05, 4.69) is 16.1 Å². The van der Waals surface area contributed by atoms with E-state index in [0.717, 1.165) is 13.1 Å². The Kier molecular flexibility index (Phi) is 2.23. The van der Waals surface area contributed by atoms with Crippen molar-refractivity contribution in [2.45, 2.75) is 12.7 Å². The molecule has 1 saturated heterocycles. The van der Waals surface area contributed by atoms with Gasteiger partial charge < -0.3 is 0 Å². The van der Waals surface area contributed by atoms with Gasteiger partial charge in [0.15, 0.2) is 0 Å². The average molecular weight is 116 g/mol. The summed E-state index contributed by atoms with van der Waals surface area (Å²) in [6.07, 6.45) is 1.29. The maximum atomic E-state index is 5.13. The molecule has 1 heterocycles. The Morgan fingerprint density at radius 3 is 2.38 bits per heavy atom. The Hall–Kier alpha value is -0.160.